The van der Waals surface area contributed by atoms with E-state index in [1.54, 1.807) is 6.92 Å². The minimum Gasteiger partial charge on any atom is -0.466 e. The fourth-order valence-corrected chi connectivity index (χ4v) is 1.20. The maximum Gasteiger partial charge on any atom is 0.305 e. The molecule has 16 heavy (non-hydrogen) atoms. The van der Waals surface area contributed by atoms with Crippen LogP contribution < -0.4 is 10.6 Å². The lowest BCUT2D eigenvalue weighted by atomic mass is 10.3. The highest BCUT2D eigenvalue weighted by Crippen LogP contribution is 1.91. The summed E-state index contributed by atoms with van der Waals surface area (Å²) < 4.78 is 4.79. The van der Waals surface area contributed by atoms with Crippen LogP contribution in [-0.2, 0) is 14.3 Å². The predicted molar refractivity (Wildman–Crippen MR) is 62.0 cm³/mol. The van der Waals surface area contributed by atoms with Crippen molar-refractivity contribution in [3.8, 4) is 0 Å². The standard InChI is InChI=1S/C11H22N2O3/c1-3-13-10(14)7-9-12-8-5-6-11(15)16-4-2/h12H,3-9H2,1-2H3,(H,13,14). The number of amides is 1. The molecule has 94 valence electrons. The van der Waals surface area contributed by atoms with Gasteiger partial charge in [-0.15, -0.1) is 0 Å². The van der Waals surface area contributed by atoms with Gasteiger partial charge in [-0.3, -0.25) is 9.59 Å². The summed E-state index contributed by atoms with van der Waals surface area (Å²) in [5.74, 6) is -0.103. The molecule has 0 spiro atoms. The van der Waals surface area contributed by atoms with Crippen LogP contribution >= 0.6 is 0 Å². The maximum absolute atomic E-state index is 11.0. The van der Waals surface area contributed by atoms with E-state index >= 15 is 0 Å². The molecule has 1 amide bonds. The van der Waals surface area contributed by atoms with Gasteiger partial charge in [0.25, 0.3) is 0 Å². The number of hydrogen-bond donors (Lipinski definition) is 2. The minimum absolute atomic E-state index is 0.0559. The molecule has 0 saturated carbocycles. The van der Waals surface area contributed by atoms with E-state index in [0.29, 0.717) is 32.5 Å². The smallest absolute Gasteiger partial charge is 0.305 e. The number of carbonyl (C=O) groups is 2. The van der Waals surface area contributed by atoms with Crippen LogP contribution in [0.2, 0.25) is 0 Å². The van der Waals surface area contributed by atoms with E-state index in [1.165, 1.54) is 0 Å². The molecule has 5 heteroatoms. The van der Waals surface area contributed by atoms with Crippen LogP contribution in [-0.4, -0.2) is 38.1 Å². The molecule has 0 aromatic rings. The van der Waals surface area contributed by atoms with Crippen LogP contribution in [0.1, 0.15) is 33.1 Å². The van der Waals surface area contributed by atoms with Gasteiger partial charge in [-0.2, -0.15) is 0 Å². The summed E-state index contributed by atoms with van der Waals surface area (Å²) >= 11 is 0. The molecule has 0 unspecified atom stereocenters. The van der Waals surface area contributed by atoms with Gasteiger partial charge < -0.3 is 15.4 Å². The Hall–Kier alpha value is -1.10. The second kappa shape index (κ2) is 10.4. The number of esters is 1. The zero-order valence-electron chi connectivity index (χ0n) is 10.2. The Labute approximate surface area is 96.9 Å². The van der Waals surface area contributed by atoms with Crippen molar-refractivity contribution in [1.29, 1.82) is 0 Å². The van der Waals surface area contributed by atoms with Gasteiger partial charge in [-0.25, -0.2) is 0 Å². The van der Waals surface area contributed by atoms with E-state index in [0.717, 1.165) is 13.0 Å². The van der Waals surface area contributed by atoms with Crippen molar-refractivity contribution in [2.24, 2.45) is 0 Å². The average Bonchev–Trinajstić information content (AvgIpc) is 2.24. The first-order chi connectivity index (χ1) is 7.70. The Morgan fingerprint density at radius 1 is 1.12 bits per heavy atom. The first kappa shape index (κ1) is 14.9. The molecule has 0 aromatic heterocycles. The molecule has 0 saturated heterocycles. The lowest BCUT2D eigenvalue weighted by molar-refractivity contribution is -0.143. The highest BCUT2D eigenvalue weighted by atomic mass is 16.5. The molecule has 0 atom stereocenters. The third-order valence-electron chi connectivity index (χ3n) is 1.94. The third-order valence-corrected chi connectivity index (χ3v) is 1.94. The highest BCUT2D eigenvalue weighted by molar-refractivity contribution is 5.75. The van der Waals surface area contributed by atoms with Gasteiger partial charge in [0.05, 0.1) is 6.61 Å². The van der Waals surface area contributed by atoms with E-state index in [1.807, 2.05) is 6.92 Å². The normalized spacial score (nSPS) is 9.88. The molecule has 0 radical (unpaired) electrons. The van der Waals surface area contributed by atoms with Crippen molar-refractivity contribution in [3.63, 3.8) is 0 Å². The van der Waals surface area contributed by atoms with Crippen LogP contribution in [0.5, 0.6) is 0 Å². The van der Waals surface area contributed by atoms with Crippen LogP contribution in [0.15, 0.2) is 0 Å². The summed E-state index contributed by atoms with van der Waals surface area (Å²) in [7, 11) is 0. The van der Waals surface area contributed by atoms with Crippen molar-refractivity contribution in [2.45, 2.75) is 33.1 Å². The van der Waals surface area contributed by atoms with Crippen molar-refractivity contribution in [3.05, 3.63) is 0 Å². The van der Waals surface area contributed by atoms with Gasteiger partial charge in [-0.05, 0) is 26.8 Å². The Bertz CT molecular complexity index is 185. The number of carbonyl (C=O) groups excluding carboxylic acids is 2. The summed E-state index contributed by atoms with van der Waals surface area (Å²) in [6.45, 7) is 6.17. The van der Waals surface area contributed by atoms with E-state index in [4.69, 9.17) is 4.74 Å². The first-order valence-corrected chi connectivity index (χ1v) is 5.83. The van der Waals surface area contributed by atoms with Crippen molar-refractivity contribution in [2.75, 3.05) is 26.2 Å². The highest BCUT2D eigenvalue weighted by Gasteiger charge is 2.01. The summed E-state index contributed by atoms with van der Waals surface area (Å²) in [5, 5.41) is 5.82. The molecule has 0 rings (SSSR count). The number of nitrogens with one attached hydrogen (secondary N) is 2. The van der Waals surface area contributed by atoms with Gasteiger partial charge in [0.1, 0.15) is 0 Å². The van der Waals surface area contributed by atoms with Gasteiger partial charge >= 0.3 is 5.97 Å². The molecule has 0 bridgehead atoms. The van der Waals surface area contributed by atoms with Crippen molar-refractivity contribution in [1.82, 2.24) is 10.6 Å². The second-order valence-electron chi connectivity index (χ2n) is 3.36. The summed E-state index contributed by atoms with van der Waals surface area (Å²) in [5.41, 5.74) is 0. The summed E-state index contributed by atoms with van der Waals surface area (Å²) in [6.07, 6.45) is 1.66. The van der Waals surface area contributed by atoms with E-state index in [9.17, 15) is 9.59 Å². The predicted octanol–water partition coefficient (Wildman–Crippen LogP) is 0.445. The number of hydrogen-bond acceptors (Lipinski definition) is 4. The van der Waals surface area contributed by atoms with Gasteiger partial charge in [0.2, 0.25) is 5.91 Å². The molecular weight excluding hydrogens is 208 g/mol. The first-order valence-electron chi connectivity index (χ1n) is 5.83. The van der Waals surface area contributed by atoms with Crippen LogP contribution in [0, 0.1) is 0 Å². The monoisotopic (exact) mass is 230 g/mol. The van der Waals surface area contributed by atoms with E-state index < -0.39 is 0 Å². The van der Waals surface area contributed by atoms with E-state index in [-0.39, 0.29) is 11.9 Å². The lowest BCUT2D eigenvalue weighted by Gasteiger charge is -2.05. The molecule has 0 fully saturated rings. The summed E-state index contributed by atoms with van der Waals surface area (Å²) in [4.78, 5) is 22.0. The molecule has 0 heterocycles. The average molecular weight is 230 g/mol. The quantitative estimate of drug-likeness (QED) is 0.445. The van der Waals surface area contributed by atoms with Gasteiger partial charge in [0.15, 0.2) is 0 Å². The largest absolute Gasteiger partial charge is 0.466 e. The SMILES string of the molecule is CCNC(=O)CCNCCCC(=O)OCC. The Morgan fingerprint density at radius 3 is 2.50 bits per heavy atom. The Kier molecular flexibility index (Phi) is 9.70. The zero-order chi connectivity index (χ0) is 12.2. The molecule has 0 aliphatic heterocycles. The molecular formula is C11H22N2O3. The van der Waals surface area contributed by atoms with Gasteiger partial charge in [-0.1, -0.05) is 0 Å². The lowest BCUT2D eigenvalue weighted by Crippen LogP contribution is -2.27. The van der Waals surface area contributed by atoms with Crippen molar-refractivity contribution >= 4 is 11.9 Å². The van der Waals surface area contributed by atoms with Crippen LogP contribution in [0.25, 0.3) is 0 Å². The Balaban J connectivity index is 3.21. The molecule has 0 aliphatic rings. The number of rotatable bonds is 9. The molecule has 5 nitrogen and oxygen atoms in total. The third kappa shape index (κ3) is 9.45. The van der Waals surface area contributed by atoms with Gasteiger partial charge in [0, 0.05) is 25.9 Å². The second-order valence-corrected chi connectivity index (χ2v) is 3.36. The van der Waals surface area contributed by atoms with Crippen molar-refractivity contribution < 1.29 is 14.3 Å². The maximum atomic E-state index is 11.0. The van der Waals surface area contributed by atoms with Crippen LogP contribution in [0.4, 0.5) is 0 Å². The fourth-order valence-electron chi connectivity index (χ4n) is 1.20. The number of ether oxygens (including phenoxy) is 1. The molecule has 0 aromatic carbocycles. The Morgan fingerprint density at radius 2 is 1.88 bits per heavy atom. The fraction of sp³-hybridized carbons (Fsp3) is 0.818. The zero-order valence-corrected chi connectivity index (χ0v) is 10.2. The van der Waals surface area contributed by atoms with E-state index in [2.05, 4.69) is 10.6 Å². The minimum atomic E-state index is -0.159. The van der Waals surface area contributed by atoms with Crippen LogP contribution in [0.3, 0.4) is 0 Å². The molecule has 2 N–H and O–H groups in total. The molecule has 0 aliphatic carbocycles. The topological polar surface area (TPSA) is 67.4 Å². The summed E-state index contributed by atoms with van der Waals surface area (Å²) in [6, 6.07) is 0.